The summed E-state index contributed by atoms with van der Waals surface area (Å²) < 4.78 is 6.57. The van der Waals surface area contributed by atoms with Crippen molar-refractivity contribution in [2.24, 2.45) is 0 Å². The van der Waals surface area contributed by atoms with Crippen LogP contribution in [-0.4, -0.2) is 65.2 Å². The average Bonchev–Trinajstić information content (AvgIpc) is 3.01. The number of hydrogen-bond donors (Lipinski definition) is 6. The molecule has 4 atom stereocenters. The highest BCUT2D eigenvalue weighted by atomic mass is 16.6. The van der Waals surface area contributed by atoms with Crippen LogP contribution in [0.2, 0.25) is 0 Å². The third kappa shape index (κ3) is 2.07. The minimum atomic E-state index is -1.30. The second-order valence-electron chi connectivity index (χ2n) is 4.60. The first-order valence-corrected chi connectivity index (χ1v) is 6.10. The third-order valence-electron chi connectivity index (χ3n) is 3.34. The summed E-state index contributed by atoms with van der Waals surface area (Å²) in [6.45, 7) is -0.450. The molecule has 11 nitrogen and oxygen atoms in total. The molecule has 11 heteroatoms. The van der Waals surface area contributed by atoms with Gasteiger partial charge in [-0.05, 0) is 0 Å². The number of nitrogens with zero attached hydrogens (tertiary/aromatic N) is 4. The van der Waals surface area contributed by atoms with Gasteiger partial charge in [-0.15, -0.1) is 0 Å². The number of nitrogens with two attached hydrogens (primary N) is 1. The Bertz CT molecular complexity index is 663. The minimum Gasteiger partial charge on any atom is -0.394 e. The van der Waals surface area contributed by atoms with Crippen LogP contribution in [0.3, 0.4) is 0 Å². The molecule has 1 aliphatic heterocycles. The predicted molar refractivity (Wildman–Crippen MR) is 68.2 cm³/mol. The van der Waals surface area contributed by atoms with E-state index in [9.17, 15) is 10.2 Å². The molecule has 1 fully saturated rings. The van der Waals surface area contributed by atoms with Crippen LogP contribution in [-0.2, 0) is 4.74 Å². The van der Waals surface area contributed by atoms with E-state index in [1.165, 1.54) is 10.9 Å². The molecule has 3 rings (SSSR count). The molecule has 0 unspecified atom stereocenters. The molecule has 2 aromatic heterocycles. The molecule has 1 saturated heterocycles. The summed E-state index contributed by atoms with van der Waals surface area (Å²) >= 11 is 0. The van der Waals surface area contributed by atoms with Crippen LogP contribution in [0.4, 0.5) is 11.8 Å². The zero-order valence-corrected chi connectivity index (χ0v) is 10.7. The monoisotopic (exact) mass is 298 g/mol. The molecule has 114 valence electrons. The van der Waals surface area contributed by atoms with Crippen LogP contribution in [0, 0.1) is 0 Å². The van der Waals surface area contributed by atoms with Crippen LogP contribution < -0.4 is 11.2 Å². The average molecular weight is 298 g/mol. The Labute approximate surface area is 117 Å². The molecule has 21 heavy (non-hydrogen) atoms. The molecule has 0 saturated carbocycles. The van der Waals surface area contributed by atoms with Crippen molar-refractivity contribution in [2.75, 3.05) is 17.8 Å². The number of nitrogens with one attached hydrogen (secondary N) is 1. The summed E-state index contributed by atoms with van der Waals surface area (Å²) in [5.41, 5.74) is 7.62. The Balaban J connectivity index is 2.07. The summed E-state index contributed by atoms with van der Waals surface area (Å²) in [5.74, 6) is -0.0666. The van der Waals surface area contributed by atoms with Gasteiger partial charge in [-0.1, -0.05) is 0 Å². The van der Waals surface area contributed by atoms with Gasteiger partial charge in [0.25, 0.3) is 0 Å². The SMILES string of the molecule is Nc1nc(NO)c2cnn([C@@H]3O[C@H](CO)[C@@H](O)[C@H]3O)c2n1. The van der Waals surface area contributed by atoms with E-state index in [-0.39, 0.29) is 17.4 Å². The largest absolute Gasteiger partial charge is 0.394 e. The number of aromatic nitrogens is 4. The molecule has 0 amide bonds. The maximum atomic E-state index is 10.00. The second kappa shape index (κ2) is 5.05. The Hall–Kier alpha value is -2.05. The maximum Gasteiger partial charge on any atom is 0.224 e. The first-order chi connectivity index (χ1) is 10.1. The lowest BCUT2D eigenvalue weighted by atomic mass is 10.1. The lowest BCUT2D eigenvalue weighted by Crippen LogP contribution is -2.33. The molecule has 0 bridgehead atoms. The number of rotatable bonds is 3. The standard InChI is InChI=1S/C10H14N6O5/c11-10-13-7(15-20)3-1-12-16(8(3)14-10)9-6(19)5(18)4(2-17)21-9/h1,4-6,9,17-20H,2H2,(H3,11,13,14,15)/t4-,5-,6-,9-/m1/s1. The summed E-state index contributed by atoms with van der Waals surface area (Å²) in [6.07, 6.45) is -3.18. The van der Waals surface area contributed by atoms with E-state index in [1.807, 2.05) is 5.48 Å². The van der Waals surface area contributed by atoms with E-state index in [1.54, 1.807) is 0 Å². The van der Waals surface area contributed by atoms with Crippen molar-refractivity contribution in [3.8, 4) is 0 Å². The van der Waals surface area contributed by atoms with Crippen molar-refractivity contribution in [1.82, 2.24) is 19.7 Å². The first-order valence-electron chi connectivity index (χ1n) is 6.10. The van der Waals surface area contributed by atoms with Gasteiger partial charge >= 0.3 is 0 Å². The van der Waals surface area contributed by atoms with Gasteiger partial charge in [0.15, 0.2) is 17.7 Å². The Morgan fingerprint density at radius 3 is 2.71 bits per heavy atom. The summed E-state index contributed by atoms with van der Waals surface area (Å²) in [7, 11) is 0. The van der Waals surface area contributed by atoms with E-state index in [0.29, 0.717) is 5.39 Å². The van der Waals surface area contributed by atoms with Gasteiger partial charge in [-0.3, -0.25) is 10.7 Å². The fourth-order valence-corrected chi connectivity index (χ4v) is 2.30. The van der Waals surface area contributed by atoms with E-state index >= 15 is 0 Å². The highest BCUT2D eigenvalue weighted by molar-refractivity contribution is 5.86. The Morgan fingerprint density at radius 2 is 2.10 bits per heavy atom. The lowest BCUT2D eigenvalue weighted by molar-refractivity contribution is -0.0566. The molecule has 2 aromatic rings. The minimum absolute atomic E-state index is 0.0514. The number of aliphatic hydroxyl groups is 3. The quantitative estimate of drug-likeness (QED) is 0.342. The van der Waals surface area contributed by atoms with Crippen molar-refractivity contribution >= 4 is 22.8 Å². The highest BCUT2D eigenvalue weighted by Gasteiger charge is 2.44. The summed E-state index contributed by atoms with van der Waals surface area (Å²) in [6, 6.07) is 0. The van der Waals surface area contributed by atoms with Crippen LogP contribution >= 0.6 is 0 Å². The molecule has 7 N–H and O–H groups in total. The number of ether oxygens (including phenoxy) is 1. The van der Waals surface area contributed by atoms with Crippen molar-refractivity contribution in [3.63, 3.8) is 0 Å². The predicted octanol–water partition coefficient (Wildman–Crippen LogP) is -2.18. The number of fused-ring (bicyclic) bond motifs is 1. The number of nitrogen functional groups attached to an aromatic ring is 1. The van der Waals surface area contributed by atoms with Crippen LogP contribution in [0.25, 0.3) is 11.0 Å². The van der Waals surface area contributed by atoms with Crippen molar-refractivity contribution in [1.29, 1.82) is 0 Å². The van der Waals surface area contributed by atoms with Crippen LogP contribution in [0.5, 0.6) is 0 Å². The lowest BCUT2D eigenvalue weighted by Gasteiger charge is -2.15. The van der Waals surface area contributed by atoms with E-state index in [0.717, 1.165) is 0 Å². The van der Waals surface area contributed by atoms with Crippen LogP contribution in [0.15, 0.2) is 6.20 Å². The van der Waals surface area contributed by atoms with Crippen LogP contribution in [0.1, 0.15) is 6.23 Å². The third-order valence-corrected chi connectivity index (χ3v) is 3.34. The molecule has 3 heterocycles. The van der Waals surface area contributed by atoms with Gasteiger partial charge in [0.05, 0.1) is 18.2 Å². The van der Waals surface area contributed by atoms with Crippen molar-refractivity contribution in [3.05, 3.63) is 6.20 Å². The van der Waals surface area contributed by atoms with E-state index in [4.69, 9.17) is 20.8 Å². The van der Waals surface area contributed by atoms with Crippen molar-refractivity contribution in [2.45, 2.75) is 24.5 Å². The normalized spacial score (nSPS) is 29.1. The van der Waals surface area contributed by atoms with E-state index < -0.39 is 31.1 Å². The van der Waals surface area contributed by atoms with Gasteiger partial charge < -0.3 is 25.8 Å². The number of hydrogen-bond acceptors (Lipinski definition) is 10. The fraction of sp³-hybridized carbons (Fsp3) is 0.500. The molecular formula is C10H14N6O5. The molecule has 1 aliphatic rings. The van der Waals surface area contributed by atoms with E-state index in [2.05, 4.69) is 15.1 Å². The smallest absolute Gasteiger partial charge is 0.224 e. The van der Waals surface area contributed by atoms with Gasteiger partial charge in [0.1, 0.15) is 18.3 Å². The molecule has 0 aromatic carbocycles. The Kier molecular flexibility index (Phi) is 3.35. The highest BCUT2D eigenvalue weighted by Crippen LogP contribution is 2.32. The molecule has 0 spiro atoms. The van der Waals surface area contributed by atoms with Crippen molar-refractivity contribution < 1.29 is 25.3 Å². The zero-order valence-electron chi connectivity index (χ0n) is 10.7. The summed E-state index contributed by atoms with van der Waals surface area (Å²) in [4.78, 5) is 7.76. The van der Waals surface area contributed by atoms with Gasteiger partial charge in [0, 0.05) is 0 Å². The maximum absolute atomic E-state index is 10.00. The first kappa shape index (κ1) is 13.9. The van der Waals surface area contributed by atoms with Gasteiger partial charge in [-0.25, -0.2) is 4.68 Å². The fourth-order valence-electron chi connectivity index (χ4n) is 2.30. The Morgan fingerprint density at radius 1 is 1.33 bits per heavy atom. The van der Waals surface area contributed by atoms with Gasteiger partial charge in [-0.2, -0.15) is 15.1 Å². The zero-order chi connectivity index (χ0) is 15.1. The van der Waals surface area contributed by atoms with Gasteiger partial charge in [0.2, 0.25) is 5.95 Å². The topological polar surface area (TPSA) is 172 Å². The number of aliphatic hydroxyl groups excluding tert-OH is 3. The number of anilines is 2. The molecule has 0 radical (unpaired) electrons. The summed E-state index contributed by atoms with van der Waals surface area (Å²) in [5, 5.41) is 42.2. The second-order valence-corrected chi connectivity index (χ2v) is 4.60. The molecule has 0 aliphatic carbocycles. The molecular weight excluding hydrogens is 284 g/mol.